The van der Waals surface area contributed by atoms with Crippen LogP contribution in [0.5, 0.6) is 0 Å². The van der Waals surface area contributed by atoms with Crippen molar-refractivity contribution in [1.29, 1.82) is 0 Å². The topological polar surface area (TPSA) is 38.8 Å². The van der Waals surface area contributed by atoms with E-state index in [0.29, 0.717) is 13.2 Å². The molecule has 1 saturated heterocycles. The van der Waals surface area contributed by atoms with Gasteiger partial charge in [-0.1, -0.05) is 61.9 Å². The quantitative estimate of drug-likeness (QED) is 0.724. The predicted molar refractivity (Wildman–Crippen MR) is 109 cm³/mol. The van der Waals surface area contributed by atoms with Crippen LogP contribution in [0.1, 0.15) is 54.9 Å². The van der Waals surface area contributed by atoms with Crippen LogP contribution in [0.3, 0.4) is 0 Å². The fourth-order valence-corrected chi connectivity index (χ4v) is 4.57. The molecule has 2 aliphatic rings. The SMILES string of the molecule is CCC[C@@H]1CO[C@]2(CC[C@@H](OCc3ccccc3)C2)N1C(=O)c1ccccc1. The van der Waals surface area contributed by atoms with Crippen LogP contribution in [-0.4, -0.2) is 35.3 Å². The van der Waals surface area contributed by atoms with Crippen LogP contribution in [0.2, 0.25) is 0 Å². The highest BCUT2D eigenvalue weighted by atomic mass is 16.5. The lowest BCUT2D eigenvalue weighted by atomic mass is 10.0. The molecule has 4 nitrogen and oxygen atoms in total. The first kappa shape index (κ1) is 19.2. The lowest BCUT2D eigenvalue weighted by Gasteiger charge is -2.36. The van der Waals surface area contributed by atoms with Gasteiger partial charge < -0.3 is 14.4 Å². The lowest BCUT2D eigenvalue weighted by Crippen LogP contribution is -2.50. The molecule has 0 unspecified atom stereocenters. The zero-order valence-corrected chi connectivity index (χ0v) is 16.5. The highest BCUT2D eigenvalue weighted by Crippen LogP contribution is 2.44. The summed E-state index contributed by atoms with van der Waals surface area (Å²) in [4.78, 5) is 15.4. The van der Waals surface area contributed by atoms with Crippen molar-refractivity contribution in [2.75, 3.05) is 6.61 Å². The van der Waals surface area contributed by atoms with Crippen LogP contribution < -0.4 is 0 Å². The minimum atomic E-state index is -0.520. The second-order valence-corrected chi connectivity index (χ2v) is 7.90. The van der Waals surface area contributed by atoms with Crippen molar-refractivity contribution in [2.45, 2.75) is 63.5 Å². The van der Waals surface area contributed by atoms with Gasteiger partial charge in [0.05, 0.1) is 25.4 Å². The van der Waals surface area contributed by atoms with Gasteiger partial charge in [-0.15, -0.1) is 0 Å². The van der Waals surface area contributed by atoms with E-state index >= 15 is 0 Å². The number of ether oxygens (including phenoxy) is 2. The summed E-state index contributed by atoms with van der Waals surface area (Å²) in [5.41, 5.74) is 1.40. The number of rotatable bonds is 6. The molecule has 148 valence electrons. The van der Waals surface area contributed by atoms with Gasteiger partial charge in [0.15, 0.2) is 0 Å². The van der Waals surface area contributed by atoms with E-state index in [1.54, 1.807) is 0 Å². The van der Waals surface area contributed by atoms with E-state index in [1.807, 2.05) is 53.4 Å². The maximum atomic E-state index is 13.4. The smallest absolute Gasteiger partial charge is 0.256 e. The molecule has 2 aromatic carbocycles. The van der Waals surface area contributed by atoms with E-state index < -0.39 is 5.72 Å². The predicted octanol–water partition coefficient (Wildman–Crippen LogP) is 4.79. The van der Waals surface area contributed by atoms with E-state index in [2.05, 4.69) is 19.1 Å². The molecule has 1 amide bonds. The Morgan fingerprint density at radius 3 is 2.57 bits per heavy atom. The highest BCUT2D eigenvalue weighted by Gasteiger charge is 2.54. The van der Waals surface area contributed by atoms with Crippen molar-refractivity contribution in [2.24, 2.45) is 0 Å². The molecule has 3 atom stereocenters. The van der Waals surface area contributed by atoms with E-state index in [1.165, 1.54) is 5.56 Å². The summed E-state index contributed by atoms with van der Waals surface area (Å²) in [5.74, 6) is 0.0836. The van der Waals surface area contributed by atoms with E-state index in [9.17, 15) is 4.79 Å². The first-order valence-corrected chi connectivity index (χ1v) is 10.4. The van der Waals surface area contributed by atoms with Gasteiger partial charge in [-0.25, -0.2) is 0 Å². The summed E-state index contributed by atoms with van der Waals surface area (Å²) in [7, 11) is 0. The fourth-order valence-electron chi connectivity index (χ4n) is 4.57. The Hall–Kier alpha value is -2.17. The first-order valence-electron chi connectivity index (χ1n) is 10.4. The molecule has 0 aromatic heterocycles. The molecule has 1 aliphatic carbocycles. The van der Waals surface area contributed by atoms with Crippen molar-refractivity contribution < 1.29 is 14.3 Å². The molecule has 1 aliphatic heterocycles. The summed E-state index contributed by atoms with van der Waals surface area (Å²) < 4.78 is 12.5. The van der Waals surface area contributed by atoms with Gasteiger partial charge in [0.25, 0.3) is 5.91 Å². The summed E-state index contributed by atoms with van der Waals surface area (Å²) in [6.45, 7) is 3.39. The number of amides is 1. The normalized spacial score (nSPS) is 26.8. The molecule has 4 rings (SSSR count). The molecule has 28 heavy (non-hydrogen) atoms. The van der Waals surface area contributed by atoms with Crippen LogP contribution >= 0.6 is 0 Å². The van der Waals surface area contributed by atoms with Gasteiger partial charge in [-0.05, 0) is 37.0 Å². The lowest BCUT2D eigenvalue weighted by molar-refractivity contribution is -0.0774. The molecule has 0 bridgehead atoms. The molecular weight excluding hydrogens is 350 g/mol. The van der Waals surface area contributed by atoms with Crippen molar-refractivity contribution >= 4 is 5.91 Å². The van der Waals surface area contributed by atoms with Crippen LogP contribution in [0, 0.1) is 0 Å². The third-order valence-corrected chi connectivity index (χ3v) is 5.94. The van der Waals surface area contributed by atoms with E-state index in [-0.39, 0.29) is 18.1 Å². The Morgan fingerprint density at radius 2 is 1.86 bits per heavy atom. The van der Waals surface area contributed by atoms with E-state index in [0.717, 1.165) is 37.7 Å². The van der Waals surface area contributed by atoms with Gasteiger partial charge in [0, 0.05) is 12.0 Å². The van der Waals surface area contributed by atoms with Gasteiger partial charge in [0.1, 0.15) is 5.72 Å². The molecular formula is C24H29NO3. The number of benzene rings is 2. The third kappa shape index (κ3) is 3.85. The van der Waals surface area contributed by atoms with Crippen molar-refractivity contribution in [3.63, 3.8) is 0 Å². The molecule has 1 spiro atoms. The minimum Gasteiger partial charge on any atom is -0.373 e. The number of nitrogens with zero attached hydrogens (tertiary/aromatic N) is 1. The van der Waals surface area contributed by atoms with Gasteiger partial charge in [0.2, 0.25) is 0 Å². The Bertz CT molecular complexity index is 779. The van der Waals surface area contributed by atoms with Crippen LogP contribution in [0.15, 0.2) is 60.7 Å². The molecule has 4 heteroatoms. The molecule has 1 heterocycles. The Balaban J connectivity index is 1.49. The zero-order valence-electron chi connectivity index (χ0n) is 16.5. The molecule has 2 aromatic rings. The Labute approximate surface area is 167 Å². The van der Waals surface area contributed by atoms with Gasteiger partial charge >= 0.3 is 0 Å². The Kier molecular flexibility index (Phi) is 5.79. The molecule has 0 N–H and O–H groups in total. The Morgan fingerprint density at radius 1 is 1.14 bits per heavy atom. The third-order valence-electron chi connectivity index (χ3n) is 5.94. The monoisotopic (exact) mass is 379 g/mol. The standard InChI is InChI=1S/C24H29NO3/c1-2-9-21-18-28-24(25(21)23(26)20-12-7-4-8-13-20)15-14-22(16-24)27-17-19-10-5-3-6-11-19/h3-8,10-13,21-22H,2,9,14-18H2,1H3/t21-,22-,24+/m1/s1. The summed E-state index contributed by atoms with van der Waals surface area (Å²) >= 11 is 0. The van der Waals surface area contributed by atoms with Gasteiger partial charge in [-0.2, -0.15) is 0 Å². The van der Waals surface area contributed by atoms with Crippen LogP contribution in [-0.2, 0) is 16.1 Å². The van der Waals surface area contributed by atoms with Crippen LogP contribution in [0.4, 0.5) is 0 Å². The second kappa shape index (κ2) is 8.46. The van der Waals surface area contributed by atoms with Gasteiger partial charge in [-0.3, -0.25) is 4.79 Å². The molecule has 0 radical (unpaired) electrons. The number of carbonyl (C=O) groups is 1. The maximum absolute atomic E-state index is 13.4. The van der Waals surface area contributed by atoms with Crippen molar-refractivity contribution in [1.82, 2.24) is 4.90 Å². The molecule has 2 fully saturated rings. The molecule has 1 saturated carbocycles. The average Bonchev–Trinajstić information content (AvgIpc) is 3.31. The van der Waals surface area contributed by atoms with Crippen molar-refractivity contribution in [3.8, 4) is 0 Å². The first-order chi connectivity index (χ1) is 13.7. The summed E-state index contributed by atoms with van der Waals surface area (Å²) in [5, 5.41) is 0. The fraction of sp³-hybridized carbons (Fsp3) is 0.458. The average molecular weight is 380 g/mol. The highest BCUT2D eigenvalue weighted by molar-refractivity contribution is 5.95. The maximum Gasteiger partial charge on any atom is 0.256 e. The minimum absolute atomic E-state index is 0.0836. The second-order valence-electron chi connectivity index (χ2n) is 7.90. The number of carbonyl (C=O) groups excluding carboxylic acids is 1. The summed E-state index contributed by atoms with van der Waals surface area (Å²) in [6, 6.07) is 20.0. The van der Waals surface area contributed by atoms with Crippen LogP contribution in [0.25, 0.3) is 0 Å². The zero-order chi connectivity index (χ0) is 19.4. The largest absolute Gasteiger partial charge is 0.373 e. The van der Waals surface area contributed by atoms with Crippen molar-refractivity contribution in [3.05, 3.63) is 71.8 Å². The van der Waals surface area contributed by atoms with E-state index in [4.69, 9.17) is 9.47 Å². The summed E-state index contributed by atoms with van der Waals surface area (Å²) in [6.07, 6.45) is 4.63. The number of hydrogen-bond acceptors (Lipinski definition) is 3. The number of hydrogen-bond donors (Lipinski definition) is 0.